The summed E-state index contributed by atoms with van der Waals surface area (Å²) in [7, 11) is 0. The molecule has 12 heteroatoms. The lowest BCUT2D eigenvalue weighted by atomic mass is 9.90. The minimum Gasteiger partial charge on any atom is -0.508 e. The van der Waals surface area contributed by atoms with Gasteiger partial charge in [0.05, 0.1) is 5.56 Å². The van der Waals surface area contributed by atoms with E-state index >= 15 is 0 Å². The number of piperidine rings is 1. The number of phenolic OH excluding ortho intramolecular Hbond substituents is 2. The van der Waals surface area contributed by atoms with Gasteiger partial charge in [-0.05, 0) is 55.0 Å². The van der Waals surface area contributed by atoms with Crippen molar-refractivity contribution in [3.05, 3.63) is 53.3 Å². The van der Waals surface area contributed by atoms with Gasteiger partial charge in [0.2, 0.25) is 11.7 Å². The number of carboxylic acid groups (broad SMARTS) is 1. The molecule has 2 aromatic carbocycles. The summed E-state index contributed by atoms with van der Waals surface area (Å²) in [6.07, 6.45) is 0.656. The number of carbonyl (C=O) groups excluding carboxylic acids is 2. The van der Waals surface area contributed by atoms with E-state index < -0.39 is 29.7 Å². The third-order valence-corrected chi connectivity index (χ3v) is 7.19. The molecular formula is C28H34N6O6. The highest BCUT2D eigenvalue weighted by Crippen LogP contribution is 2.38. The van der Waals surface area contributed by atoms with E-state index in [0.29, 0.717) is 42.9 Å². The van der Waals surface area contributed by atoms with Crippen molar-refractivity contribution in [3.8, 4) is 28.6 Å². The molecule has 40 heavy (non-hydrogen) atoms. The first-order valence-electron chi connectivity index (χ1n) is 13.2. The molecule has 12 nitrogen and oxygen atoms in total. The van der Waals surface area contributed by atoms with Gasteiger partial charge in [-0.25, -0.2) is 0 Å². The maximum absolute atomic E-state index is 12.9. The minimum atomic E-state index is -1.00. The zero-order valence-corrected chi connectivity index (χ0v) is 22.7. The molecule has 3 aromatic rings. The molecule has 0 saturated carbocycles. The molecule has 0 spiro atoms. The number of nitrogens with two attached hydrogens (primary N) is 1. The highest BCUT2D eigenvalue weighted by molar-refractivity contribution is 5.92. The van der Waals surface area contributed by atoms with Crippen LogP contribution in [-0.2, 0) is 16.1 Å². The number of primary amides is 1. The van der Waals surface area contributed by atoms with Gasteiger partial charge in [0, 0.05) is 37.3 Å². The molecule has 4 rings (SSSR count). The van der Waals surface area contributed by atoms with Crippen LogP contribution in [0.2, 0.25) is 0 Å². The van der Waals surface area contributed by atoms with Crippen molar-refractivity contribution >= 4 is 17.8 Å². The van der Waals surface area contributed by atoms with Crippen molar-refractivity contribution in [1.29, 1.82) is 0 Å². The van der Waals surface area contributed by atoms with Crippen molar-refractivity contribution in [3.63, 3.8) is 0 Å². The summed E-state index contributed by atoms with van der Waals surface area (Å²) in [6, 6.07) is 9.21. The largest absolute Gasteiger partial charge is 0.508 e. The molecule has 1 aromatic heterocycles. The lowest BCUT2D eigenvalue weighted by Crippen LogP contribution is -2.48. The molecular weight excluding hydrogens is 516 g/mol. The number of likely N-dealkylation sites (tertiary alicyclic amines) is 1. The average Bonchev–Trinajstić information content (AvgIpc) is 3.34. The summed E-state index contributed by atoms with van der Waals surface area (Å²) in [5, 5.41) is 41.8. The Labute approximate surface area is 231 Å². The number of aromatic hydroxyl groups is 2. The summed E-state index contributed by atoms with van der Waals surface area (Å²) in [6.45, 7) is 6.74. The Morgan fingerprint density at radius 3 is 2.40 bits per heavy atom. The van der Waals surface area contributed by atoms with Crippen LogP contribution in [0, 0.1) is 5.92 Å². The third kappa shape index (κ3) is 5.76. The lowest BCUT2D eigenvalue weighted by Gasteiger charge is -2.36. The Bertz CT molecular complexity index is 1420. The van der Waals surface area contributed by atoms with Gasteiger partial charge in [0.25, 0.3) is 5.91 Å². The van der Waals surface area contributed by atoms with Gasteiger partial charge >= 0.3 is 5.97 Å². The van der Waals surface area contributed by atoms with Crippen LogP contribution in [0.3, 0.4) is 0 Å². The van der Waals surface area contributed by atoms with Crippen molar-refractivity contribution in [1.82, 2.24) is 25.0 Å². The molecule has 0 radical (unpaired) electrons. The van der Waals surface area contributed by atoms with Crippen molar-refractivity contribution in [2.45, 2.75) is 52.1 Å². The Hall–Kier alpha value is -4.45. The van der Waals surface area contributed by atoms with Gasteiger partial charge in [-0.3, -0.25) is 23.9 Å². The summed E-state index contributed by atoms with van der Waals surface area (Å²) >= 11 is 0. The standard InChI is InChI=1S/C28H34N6O6/c1-4-30-27(38)26-32-31-25(20-12-19(15(2)3)22(35)13-23(20)36)34(26)18-7-5-16(6-8-18)14-33-10-9-17(24(29)37)11-21(33)28(39)40/h5-8,12-13,15,17,21,35-36H,4,9-11,14H2,1-3H3,(H2,29,37)(H,30,38)(H,39,40). The normalized spacial score (nSPS) is 17.6. The first-order chi connectivity index (χ1) is 19.0. The molecule has 2 heterocycles. The smallest absolute Gasteiger partial charge is 0.320 e. The van der Waals surface area contributed by atoms with Gasteiger partial charge in [-0.1, -0.05) is 26.0 Å². The molecule has 0 aliphatic carbocycles. The summed E-state index contributed by atoms with van der Waals surface area (Å²) in [4.78, 5) is 38.2. The zero-order valence-electron chi connectivity index (χ0n) is 22.7. The monoisotopic (exact) mass is 550 g/mol. The topological polar surface area (TPSA) is 184 Å². The van der Waals surface area contributed by atoms with Crippen LogP contribution in [0.1, 0.15) is 61.3 Å². The van der Waals surface area contributed by atoms with Crippen LogP contribution in [0.5, 0.6) is 11.5 Å². The number of aromatic nitrogens is 3. The van der Waals surface area contributed by atoms with E-state index in [9.17, 15) is 29.7 Å². The van der Waals surface area contributed by atoms with E-state index in [1.165, 1.54) is 10.6 Å². The molecule has 1 saturated heterocycles. The van der Waals surface area contributed by atoms with E-state index in [4.69, 9.17) is 5.73 Å². The number of nitrogens with one attached hydrogen (secondary N) is 1. The van der Waals surface area contributed by atoms with E-state index in [-0.39, 0.29) is 35.5 Å². The number of hydrogen-bond acceptors (Lipinski definition) is 8. The predicted molar refractivity (Wildman–Crippen MR) is 146 cm³/mol. The quantitative estimate of drug-likeness (QED) is 0.267. The highest BCUT2D eigenvalue weighted by atomic mass is 16.4. The average molecular weight is 551 g/mol. The first-order valence-corrected chi connectivity index (χ1v) is 13.2. The van der Waals surface area contributed by atoms with Gasteiger partial charge in [0.1, 0.15) is 17.5 Å². The summed E-state index contributed by atoms with van der Waals surface area (Å²) < 4.78 is 1.53. The number of rotatable bonds is 9. The van der Waals surface area contributed by atoms with Gasteiger partial charge in [0.15, 0.2) is 5.82 Å². The molecule has 2 unspecified atom stereocenters. The number of amides is 2. The van der Waals surface area contributed by atoms with E-state index in [0.717, 1.165) is 5.56 Å². The second-order valence-electron chi connectivity index (χ2n) is 10.2. The zero-order chi connectivity index (χ0) is 29.1. The SMILES string of the molecule is CCNC(=O)c1nnc(-c2cc(C(C)C)c(O)cc2O)n1-c1ccc(CN2CCC(C(N)=O)CC2C(=O)O)cc1. The number of hydrogen-bond donors (Lipinski definition) is 5. The summed E-state index contributed by atoms with van der Waals surface area (Å²) in [5.41, 5.74) is 7.70. The molecule has 2 atom stereocenters. The Morgan fingerprint density at radius 2 is 1.80 bits per heavy atom. The third-order valence-electron chi connectivity index (χ3n) is 7.19. The van der Waals surface area contributed by atoms with E-state index in [2.05, 4.69) is 15.5 Å². The van der Waals surface area contributed by atoms with Crippen molar-refractivity contribution in [2.75, 3.05) is 13.1 Å². The fourth-order valence-corrected chi connectivity index (χ4v) is 5.03. The number of phenols is 2. The predicted octanol–water partition coefficient (Wildman–Crippen LogP) is 2.37. The Balaban J connectivity index is 1.70. The van der Waals surface area contributed by atoms with Crippen LogP contribution >= 0.6 is 0 Å². The van der Waals surface area contributed by atoms with Gasteiger partial charge < -0.3 is 26.4 Å². The molecule has 1 aliphatic heterocycles. The van der Waals surface area contributed by atoms with Crippen LogP contribution in [0.4, 0.5) is 0 Å². The number of aliphatic carboxylic acids is 1. The van der Waals surface area contributed by atoms with E-state index in [1.807, 2.05) is 30.9 Å². The molecule has 0 bridgehead atoms. The molecule has 6 N–H and O–H groups in total. The van der Waals surface area contributed by atoms with E-state index in [1.54, 1.807) is 25.1 Å². The number of carboxylic acids is 1. The van der Waals surface area contributed by atoms with Gasteiger partial charge in [-0.2, -0.15) is 0 Å². The fourth-order valence-electron chi connectivity index (χ4n) is 5.03. The Kier molecular flexibility index (Phi) is 8.38. The molecule has 212 valence electrons. The number of benzene rings is 2. The Morgan fingerprint density at radius 1 is 1.10 bits per heavy atom. The number of carbonyl (C=O) groups is 3. The minimum absolute atomic E-state index is 0.0163. The van der Waals surface area contributed by atoms with Crippen LogP contribution in [0.15, 0.2) is 36.4 Å². The summed E-state index contributed by atoms with van der Waals surface area (Å²) in [5.74, 6) is -2.47. The first kappa shape index (κ1) is 28.6. The molecule has 1 fully saturated rings. The second kappa shape index (κ2) is 11.7. The van der Waals surface area contributed by atoms with Crippen LogP contribution < -0.4 is 11.1 Å². The second-order valence-corrected chi connectivity index (χ2v) is 10.2. The van der Waals surface area contributed by atoms with Crippen molar-refractivity contribution in [2.24, 2.45) is 11.7 Å². The molecule has 2 amide bonds. The highest BCUT2D eigenvalue weighted by Gasteiger charge is 2.35. The van der Waals surface area contributed by atoms with Gasteiger partial charge in [-0.15, -0.1) is 10.2 Å². The molecule has 1 aliphatic rings. The maximum atomic E-state index is 12.9. The van der Waals surface area contributed by atoms with Crippen LogP contribution in [-0.4, -0.2) is 71.9 Å². The number of nitrogens with zero attached hydrogens (tertiary/aromatic N) is 4. The maximum Gasteiger partial charge on any atom is 0.320 e. The lowest BCUT2D eigenvalue weighted by molar-refractivity contribution is -0.146. The van der Waals surface area contributed by atoms with Crippen molar-refractivity contribution < 1.29 is 29.7 Å². The van der Waals surface area contributed by atoms with Crippen LogP contribution in [0.25, 0.3) is 17.1 Å². The fraction of sp³-hybridized carbons (Fsp3) is 0.393.